The van der Waals surface area contributed by atoms with Crippen LogP contribution in [-0.4, -0.2) is 46.2 Å². The molecule has 0 aliphatic heterocycles. The number of nitrogens with zero attached hydrogens (tertiary/aromatic N) is 2. The third kappa shape index (κ3) is 6.56. The number of hydrogen-bond donors (Lipinski definition) is 2. The molecule has 1 rings (SSSR count). The Morgan fingerprint density at radius 3 is 2.75 bits per heavy atom. The summed E-state index contributed by atoms with van der Waals surface area (Å²) in [6.45, 7) is 10.4. The second-order valence-corrected chi connectivity index (χ2v) is 5.68. The minimum atomic E-state index is -0.454. The fourth-order valence-electron chi connectivity index (χ4n) is 1.71. The third-order valence-corrected chi connectivity index (χ3v) is 2.55. The number of rotatable bonds is 7. The van der Waals surface area contributed by atoms with Crippen LogP contribution in [-0.2, 0) is 11.3 Å². The zero-order valence-electron chi connectivity index (χ0n) is 12.9. The lowest BCUT2D eigenvalue weighted by atomic mass is 10.2. The molecular formula is C14H26N4O2. The molecule has 0 spiro atoms. The first-order valence-electron chi connectivity index (χ1n) is 7.09. The fourth-order valence-corrected chi connectivity index (χ4v) is 1.71. The van der Waals surface area contributed by atoms with Gasteiger partial charge in [-0.1, -0.05) is 6.92 Å². The molecule has 0 aliphatic carbocycles. The molecule has 114 valence electrons. The second kappa shape index (κ2) is 7.89. The zero-order chi connectivity index (χ0) is 15.0. The highest BCUT2D eigenvalue weighted by Crippen LogP contribution is 2.10. The van der Waals surface area contributed by atoms with Gasteiger partial charge >= 0.3 is 6.09 Å². The molecule has 1 amide bonds. The van der Waals surface area contributed by atoms with Gasteiger partial charge in [-0.2, -0.15) is 0 Å². The van der Waals surface area contributed by atoms with Crippen molar-refractivity contribution in [2.24, 2.45) is 0 Å². The smallest absolute Gasteiger partial charge is 0.410 e. The van der Waals surface area contributed by atoms with Gasteiger partial charge in [-0.15, -0.1) is 0 Å². The molecule has 0 saturated heterocycles. The van der Waals surface area contributed by atoms with Gasteiger partial charge in [0, 0.05) is 32.0 Å². The van der Waals surface area contributed by atoms with E-state index in [1.807, 2.05) is 27.7 Å². The Hall–Kier alpha value is -1.56. The summed E-state index contributed by atoms with van der Waals surface area (Å²) in [6.07, 6.45) is 4.18. The van der Waals surface area contributed by atoms with E-state index in [4.69, 9.17) is 4.74 Å². The van der Waals surface area contributed by atoms with Crippen LogP contribution >= 0.6 is 0 Å². The molecule has 0 unspecified atom stereocenters. The van der Waals surface area contributed by atoms with Gasteiger partial charge in [0.15, 0.2) is 0 Å². The van der Waals surface area contributed by atoms with Crippen LogP contribution in [0.5, 0.6) is 0 Å². The van der Waals surface area contributed by atoms with E-state index in [-0.39, 0.29) is 6.09 Å². The summed E-state index contributed by atoms with van der Waals surface area (Å²) in [5.41, 5.74) is -0.454. The fraction of sp³-hybridized carbons (Fsp3) is 0.714. The van der Waals surface area contributed by atoms with Crippen molar-refractivity contribution in [1.29, 1.82) is 0 Å². The average molecular weight is 282 g/mol. The maximum atomic E-state index is 12.0. The van der Waals surface area contributed by atoms with Crippen molar-refractivity contribution < 1.29 is 9.53 Å². The number of aromatic nitrogens is 2. The Balaban J connectivity index is 2.32. The first-order valence-corrected chi connectivity index (χ1v) is 7.09. The maximum absolute atomic E-state index is 12.0. The lowest BCUT2D eigenvalue weighted by Gasteiger charge is -2.27. The van der Waals surface area contributed by atoms with E-state index in [0.717, 1.165) is 12.2 Å². The number of hydrogen-bond acceptors (Lipinski definition) is 4. The highest BCUT2D eigenvalue weighted by molar-refractivity contribution is 5.68. The highest BCUT2D eigenvalue weighted by Gasteiger charge is 2.21. The van der Waals surface area contributed by atoms with E-state index in [1.165, 1.54) is 0 Å². The lowest BCUT2D eigenvalue weighted by molar-refractivity contribution is 0.0252. The molecule has 0 aromatic carbocycles. The van der Waals surface area contributed by atoms with Crippen molar-refractivity contribution in [1.82, 2.24) is 20.2 Å². The average Bonchev–Trinajstić information content (AvgIpc) is 2.83. The minimum absolute atomic E-state index is 0.251. The summed E-state index contributed by atoms with van der Waals surface area (Å²) in [4.78, 5) is 20.9. The van der Waals surface area contributed by atoms with Crippen molar-refractivity contribution in [3.05, 3.63) is 18.2 Å². The quantitative estimate of drug-likeness (QED) is 0.752. The number of imidazole rings is 1. The minimum Gasteiger partial charge on any atom is -0.444 e. The molecule has 0 saturated carbocycles. The van der Waals surface area contributed by atoms with Crippen molar-refractivity contribution in [3.8, 4) is 0 Å². The van der Waals surface area contributed by atoms with E-state index in [1.54, 1.807) is 17.3 Å². The molecule has 20 heavy (non-hydrogen) atoms. The predicted octanol–water partition coefficient (Wildman–Crippen LogP) is 2.15. The molecule has 1 heterocycles. The van der Waals surface area contributed by atoms with Crippen LogP contribution < -0.4 is 5.32 Å². The summed E-state index contributed by atoms with van der Waals surface area (Å²) in [6, 6.07) is 0. The maximum Gasteiger partial charge on any atom is 0.410 e. The van der Waals surface area contributed by atoms with Crippen molar-refractivity contribution in [2.45, 2.75) is 46.3 Å². The molecule has 0 fully saturated rings. The highest BCUT2D eigenvalue weighted by atomic mass is 16.6. The van der Waals surface area contributed by atoms with E-state index >= 15 is 0 Å². The number of aromatic amines is 1. The summed E-state index contributed by atoms with van der Waals surface area (Å²) < 4.78 is 5.40. The second-order valence-electron chi connectivity index (χ2n) is 5.68. The number of nitrogens with one attached hydrogen (secondary N) is 2. The molecule has 0 bridgehead atoms. The number of ether oxygens (including phenoxy) is 1. The zero-order valence-corrected chi connectivity index (χ0v) is 12.9. The standard InChI is InChI=1S/C14H26N4O2/c1-5-9-18(13(19)20-14(2,3)4)10-8-15-11-12-16-6-7-17-12/h6-7,15H,5,8-11H2,1-4H3,(H,16,17). The Morgan fingerprint density at radius 1 is 1.45 bits per heavy atom. The van der Waals surface area contributed by atoms with E-state index in [2.05, 4.69) is 15.3 Å². The Bertz CT molecular complexity index is 384. The monoisotopic (exact) mass is 282 g/mol. The molecule has 6 heteroatoms. The molecule has 6 nitrogen and oxygen atoms in total. The van der Waals surface area contributed by atoms with Crippen LogP contribution in [0.3, 0.4) is 0 Å². The van der Waals surface area contributed by atoms with Crippen LogP contribution in [0.2, 0.25) is 0 Å². The summed E-state index contributed by atoms with van der Waals surface area (Å²) in [5, 5.41) is 3.25. The topological polar surface area (TPSA) is 70.2 Å². The van der Waals surface area contributed by atoms with Crippen molar-refractivity contribution in [3.63, 3.8) is 0 Å². The molecular weight excluding hydrogens is 256 g/mol. The number of carbonyl (C=O) groups is 1. The van der Waals surface area contributed by atoms with Crippen LogP contribution in [0.1, 0.15) is 39.9 Å². The van der Waals surface area contributed by atoms with E-state index in [0.29, 0.717) is 26.2 Å². The Labute approximate surface area is 120 Å². The largest absolute Gasteiger partial charge is 0.444 e. The van der Waals surface area contributed by atoms with Gasteiger partial charge in [0.25, 0.3) is 0 Å². The molecule has 0 atom stereocenters. The van der Waals surface area contributed by atoms with Crippen LogP contribution in [0.15, 0.2) is 12.4 Å². The van der Waals surface area contributed by atoms with Gasteiger partial charge in [-0.25, -0.2) is 9.78 Å². The number of carbonyl (C=O) groups excluding carboxylic acids is 1. The Morgan fingerprint density at radius 2 is 2.20 bits per heavy atom. The molecule has 0 aliphatic rings. The van der Waals surface area contributed by atoms with Gasteiger partial charge in [0.05, 0.1) is 6.54 Å². The summed E-state index contributed by atoms with van der Waals surface area (Å²) >= 11 is 0. The van der Waals surface area contributed by atoms with Crippen molar-refractivity contribution in [2.75, 3.05) is 19.6 Å². The first kappa shape index (κ1) is 16.5. The normalized spacial score (nSPS) is 11.4. The Kier molecular flexibility index (Phi) is 6.51. The van der Waals surface area contributed by atoms with E-state index < -0.39 is 5.60 Å². The third-order valence-electron chi connectivity index (χ3n) is 2.55. The lowest BCUT2D eigenvalue weighted by Crippen LogP contribution is -2.40. The van der Waals surface area contributed by atoms with Gasteiger partial charge < -0.3 is 19.9 Å². The van der Waals surface area contributed by atoms with Crippen LogP contribution in [0.4, 0.5) is 4.79 Å². The van der Waals surface area contributed by atoms with Crippen molar-refractivity contribution >= 4 is 6.09 Å². The number of amides is 1. The van der Waals surface area contributed by atoms with Gasteiger partial charge in [0.1, 0.15) is 11.4 Å². The van der Waals surface area contributed by atoms with E-state index in [9.17, 15) is 4.79 Å². The molecule has 0 radical (unpaired) electrons. The van der Waals surface area contributed by atoms with Gasteiger partial charge in [0.2, 0.25) is 0 Å². The SMILES string of the molecule is CCCN(CCNCc1ncc[nH]1)C(=O)OC(C)(C)C. The summed E-state index contributed by atoms with van der Waals surface area (Å²) in [5.74, 6) is 0.893. The first-order chi connectivity index (χ1) is 9.42. The molecule has 1 aromatic heterocycles. The molecule has 2 N–H and O–H groups in total. The van der Waals surface area contributed by atoms with Crippen LogP contribution in [0, 0.1) is 0 Å². The van der Waals surface area contributed by atoms with Gasteiger partial charge in [-0.05, 0) is 27.2 Å². The number of H-pyrrole nitrogens is 1. The molecule has 1 aromatic rings. The van der Waals surface area contributed by atoms with Crippen LogP contribution in [0.25, 0.3) is 0 Å². The predicted molar refractivity (Wildman–Crippen MR) is 78.4 cm³/mol. The van der Waals surface area contributed by atoms with Gasteiger partial charge in [-0.3, -0.25) is 0 Å². The summed E-state index contributed by atoms with van der Waals surface area (Å²) in [7, 11) is 0.